The normalized spacial score (nSPS) is 11.2. The zero-order valence-corrected chi connectivity index (χ0v) is 20.4. The second kappa shape index (κ2) is 11.3. The number of benzene rings is 1. The van der Waals surface area contributed by atoms with Gasteiger partial charge in [-0.25, -0.2) is 9.67 Å². The number of hydrogen-bond acceptors (Lipinski definition) is 4. The van der Waals surface area contributed by atoms with E-state index in [0.29, 0.717) is 23.8 Å². The molecule has 0 unspecified atom stereocenters. The molecule has 0 bridgehead atoms. The number of aromatic nitrogens is 3. The lowest BCUT2D eigenvalue weighted by molar-refractivity contribution is -0.136. The minimum absolute atomic E-state index is 0.0389. The Morgan fingerprint density at radius 1 is 1.19 bits per heavy atom. The van der Waals surface area contributed by atoms with Crippen molar-refractivity contribution < 1.29 is 14.6 Å². The second-order valence-electron chi connectivity index (χ2n) is 7.92. The van der Waals surface area contributed by atoms with Crippen LogP contribution in [0.4, 0.5) is 0 Å². The summed E-state index contributed by atoms with van der Waals surface area (Å²) < 4.78 is 8.84. The molecule has 32 heavy (non-hydrogen) atoms. The van der Waals surface area contributed by atoms with E-state index in [0.717, 1.165) is 47.2 Å². The highest BCUT2D eigenvalue weighted by atomic mass is 79.9. The van der Waals surface area contributed by atoms with Gasteiger partial charge in [-0.05, 0) is 71.8 Å². The quantitative estimate of drug-likeness (QED) is 0.333. The van der Waals surface area contributed by atoms with Crippen molar-refractivity contribution in [2.45, 2.75) is 58.8 Å². The van der Waals surface area contributed by atoms with E-state index in [1.165, 1.54) is 5.56 Å². The molecule has 0 saturated carbocycles. The highest BCUT2D eigenvalue weighted by molar-refractivity contribution is 9.10. The molecule has 0 aliphatic carbocycles. The van der Waals surface area contributed by atoms with Gasteiger partial charge in [0.05, 0.1) is 18.7 Å². The number of halogens is 1. The molecule has 0 spiro atoms. The van der Waals surface area contributed by atoms with Gasteiger partial charge in [-0.3, -0.25) is 4.79 Å². The molecule has 170 valence electrons. The van der Waals surface area contributed by atoms with Crippen molar-refractivity contribution >= 4 is 21.9 Å². The summed E-state index contributed by atoms with van der Waals surface area (Å²) in [6.07, 6.45) is 7.53. The number of para-hydroxylation sites is 1. The minimum Gasteiger partial charge on any atom is -0.493 e. The fourth-order valence-electron chi connectivity index (χ4n) is 3.91. The Balaban J connectivity index is 1.73. The molecule has 1 aromatic carbocycles. The number of nitrogens with zero attached hydrogens (tertiary/aromatic N) is 3. The second-order valence-corrected chi connectivity index (χ2v) is 8.83. The summed E-state index contributed by atoms with van der Waals surface area (Å²) in [5.74, 6) is 1.02. The lowest BCUT2D eigenvalue weighted by Gasteiger charge is -2.14. The third-order valence-electron chi connectivity index (χ3n) is 5.61. The van der Waals surface area contributed by atoms with Gasteiger partial charge in [-0.1, -0.05) is 32.0 Å². The molecular weight excluding hydrogens is 470 g/mol. The van der Waals surface area contributed by atoms with E-state index in [1.807, 2.05) is 41.9 Å². The summed E-state index contributed by atoms with van der Waals surface area (Å²) in [4.78, 5) is 15.6. The van der Waals surface area contributed by atoms with E-state index < -0.39 is 5.97 Å². The van der Waals surface area contributed by atoms with Gasteiger partial charge in [0, 0.05) is 28.3 Å². The number of aliphatic carboxylic acids is 1. The maximum atomic E-state index is 11.2. The van der Waals surface area contributed by atoms with Crippen molar-refractivity contribution in [3.63, 3.8) is 0 Å². The van der Waals surface area contributed by atoms with Crippen molar-refractivity contribution in [1.29, 1.82) is 0 Å². The molecule has 3 aromatic rings. The zero-order chi connectivity index (χ0) is 23.1. The largest absolute Gasteiger partial charge is 0.493 e. The van der Waals surface area contributed by atoms with Crippen molar-refractivity contribution in [1.82, 2.24) is 14.8 Å². The molecule has 0 atom stereocenters. The first-order valence-electron chi connectivity index (χ1n) is 11.1. The number of aryl methyl sites for hydroxylation is 2. The van der Waals surface area contributed by atoms with Crippen LogP contribution in [-0.4, -0.2) is 32.4 Å². The first-order valence-corrected chi connectivity index (χ1v) is 11.9. The third-order valence-corrected chi connectivity index (χ3v) is 6.08. The molecule has 2 heterocycles. The molecule has 6 nitrogen and oxygen atoms in total. The van der Waals surface area contributed by atoms with Crippen molar-refractivity contribution in [2.24, 2.45) is 0 Å². The first-order chi connectivity index (χ1) is 15.4. The molecule has 0 radical (unpaired) electrons. The van der Waals surface area contributed by atoms with E-state index in [4.69, 9.17) is 9.84 Å². The van der Waals surface area contributed by atoms with Crippen molar-refractivity contribution in [2.75, 3.05) is 6.61 Å². The number of rotatable bonds is 11. The minimum atomic E-state index is -0.857. The number of carbonyl (C=O) groups is 1. The average molecular weight is 500 g/mol. The number of carboxylic acids is 1. The summed E-state index contributed by atoms with van der Waals surface area (Å²) >= 11 is 3.43. The van der Waals surface area contributed by atoms with Crippen LogP contribution >= 0.6 is 15.9 Å². The van der Waals surface area contributed by atoms with Gasteiger partial charge < -0.3 is 9.84 Å². The summed E-state index contributed by atoms with van der Waals surface area (Å²) in [6.45, 7) is 6.85. The smallest absolute Gasteiger partial charge is 0.307 e. The lowest BCUT2D eigenvalue weighted by atomic mass is 9.95. The Morgan fingerprint density at radius 2 is 1.97 bits per heavy atom. The van der Waals surface area contributed by atoms with E-state index in [9.17, 15) is 9.90 Å². The molecule has 0 amide bonds. The van der Waals surface area contributed by atoms with Crippen molar-refractivity contribution in [3.8, 4) is 11.6 Å². The lowest BCUT2D eigenvalue weighted by Crippen LogP contribution is -2.07. The van der Waals surface area contributed by atoms with Crippen molar-refractivity contribution in [3.05, 3.63) is 69.6 Å². The van der Waals surface area contributed by atoms with Gasteiger partial charge in [-0.2, -0.15) is 5.10 Å². The van der Waals surface area contributed by atoms with Gasteiger partial charge in [0.25, 0.3) is 0 Å². The maximum absolute atomic E-state index is 11.2. The molecule has 0 saturated heterocycles. The van der Waals surface area contributed by atoms with Crippen LogP contribution in [0.15, 0.2) is 47.2 Å². The molecule has 2 aromatic heterocycles. The standard InChI is InChI=1S/C25H30BrN3O3/c1-4-18(5-2)24-20(16-29(28-24)22-12-11-21(26)15-27-22)10-7-13-32-25-17(3)8-6-9-19(25)14-23(30)31/h6,8-9,11-12,15-16,18H,4-5,7,10,13-14H2,1-3H3,(H,30,31). The van der Waals surface area contributed by atoms with Crippen LogP contribution in [0.25, 0.3) is 5.82 Å². The molecule has 1 N–H and O–H groups in total. The number of pyridine rings is 1. The Labute approximate surface area is 197 Å². The summed E-state index contributed by atoms with van der Waals surface area (Å²) in [5.41, 5.74) is 4.00. The van der Waals surface area contributed by atoms with Crippen LogP contribution in [0, 0.1) is 6.92 Å². The van der Waals surface area contributed by atoms with E-state index in [2.05, 4.69) is 41.0 Å². The third kappa shape index (κ3) is 5.97. The Morgan fingerprint density at radius 3 is 2.62 bits per heavy atom. The van der Waals surface area contributed by atoms with Crippen LogP contribution in [0.2, 0.25) is 0 Å². The molecule has 0 fully saturated rings. The highest BCUT2D eigenvalue weighted by Gasteiger charge is 2.18. The average Bonchev–Trinajstić information content (AvgIpc) is 3.17. The summed E-state index contributed by atoms with van der Waals surface area (Å²) in [5, 5.41) is 14.1. The van der Waals surface area contributed by atoms with Gasteiger partial charge >= 0.3 is 5.97 Å². The first kappa shape index (κ1) is 24.0. The molecule has 3 rings (SSSR count). The number of carboxylic acid groups (broad SMARTS) is 1. The monoisotopic (exact) mass is 499 g/mol. The molecular formula is C25H30BrN3O3. The van der Waals surface area contributed by atoms with Crippen LogP contribution in [0.1, 0.15) is 61.4 Å². The van der Waals surface area contributed by atoms with Gasteiger partial charge in [0.1, 0.15) is 5.75 Å². The van der Waals surface area contributed by atoms with Gasteiger partial charge in [0.2, 0.25) is 0 Å². The summed E-state index contributed by atoms with van der Waals surface area (Å²) in [7, 11) is 0. The van der Waals surface area contributed by atoms with E-state index >= 15 is 0 Å². The molecule has 0 aliphatic heterocycles. The molecule has 0 aliphatic rings. The van der Waals surface area contributed by atoms with E-state index in [-0.39, 0.29) is 6.42 Å². The van der Waals surface area contributed by atoms with Crippen LogP contribution < -0.4 is 4.74 Å². The maximum Gasteiger partial charge on any atom is 0.307 e. The Kier molecular flexibility index (Phi) is 8.45. The SMILES string of the molecule is CCC(CC)c1nn(-c2ccc(Br)cn2)cc1CCCOc1c(C)cccc1CC(=O)O. The van der Waals surface area contributed by atoms with Gasteiger partial charge in [0.15, 0.2) is 5.82 Å². The number of ether oxygens (including phenoxy) is 1. The predicted molar refractivity (Wildman–Crippen MR) is 129 cm³/mol. The topological polar surface area (TPSA) is 77.2 Å². The van der Waals surface area contributed by atoms with Crippen LogP contribution in [-0.2, 0) is 17.6 Å². The highest BCUT2D eigenvalue weighted by Crippen LogP contribution is 2.28. The van der Waals surface area contributed by atoms with E-state index in [1.54, 1.807) is 6.20 Å². The summed E-state index contributed by atoms with van der Waals surface area (Å²) in [6, 6.07) is 9.54. The Bertz CT molecular complexity index is 1040. The zero-order valence-electron chi connectivity index (χ0n) is 18.8. The molecule has 7 heteroatoms. The van der Waals surface area contributed by atoms with Crippen LogP contribution in [0.5, 0.6) is 5.75 Å². The van der Waals surface area contributed by atoms with Crippen LogP contribution in [0.3, 0.4) is 0 Å². The fourth-order valence-corrected chi connectivity index (χ4v) is 4.15. The fraction of sp³-hybridized carbons (Fsp3) is 0.400. The number of hydrogen-bond donors (Lipinski definition) is 1. The Hall–Kier alpha value is -2.67. The predicted octanol–water partition coefficient (Wildman–Crippen LogP) is 5.88. The van der Waals surface area contributed by atoms with Gasteiger partial charge in [-0.15, -0.1) is 0 Å².